The van der Waals surface area contributed by atoms with E-state index in [1.54, 1.807) is 16.2 Å². The third-order valence-electron chi connectivity index (χ3n) is 4.38. The SMILES string of the molecule is CCCC(c1cccs1)N1CC(=O)NC(CC)(CC)C1=O. The van der Waals surface area contributed by atoms with Gasteiger partial charge in [0.15, 0.2) is 0 Å². The molecule has 4 nitrogen and oxygen atoms in total. The molecule has 1 aliphatic heterocycles. The van der Waals surface area contributed by atoms with Crippen LogP contribution in [0.3, 0.4) is 0 Å². The number of carbonyl (C=O) groups excluding carboxylic acids is 2. The zero-order valence-electron chi connectivity index (χ0n) is 13.0. The summed E-state index contributed by atoms with van der Waals surface area (Å²) in [5.74, 6) is 0.0231. The van der Waals surface area contributed by atoms with Crippen molar-refractivity contribution in [1.29, 1.82) is 0 Å². The normalized spacial score (nSPS) is 19.5. The van der Waals surface area contributed by atoms with Gasteiger partial charge in [-0.15, -0.1) is 11.3 Å². The largest absolute Gasteiger partial charge is 0.340 e. The molecular formula is C16H24N2O2S. The van der Waals surface area contributed by atoms with E-state index in [0.29, 0.717) is 12.8 Å². The third kappa shape index (κ3) is 2.98. The molecule has 1 aliphatic rings. The molecule has 1 atom stereocenters. The Morgan fingerprint density at radius 2 is 2.05 bits per heavy atom. The van der Waals surface area contributed by atoms with Crippen molar-refractivity contribution in [2.24, 2.45) is 0 Å². The number of hydrogen-bond acceptors (Lipinski definition) is 3. The lowest BCUT2D eigenvalue weighted by molar-refractivity contribution is -0.153. The van der Waals surface area contributed by atoms with Crippen molar-refractivity contribution >= 4 is 23.2 Å². The first-order chi connectivity index (χ1) is 10.1. The van der Waals surface area contributed by atoms with Crippen LogP contribution in [0.4, 0.5) is 0 Å². The highest BCUT2D eigenvalue weighted by atomic mass is 32.1. The fraction of sp³-hybridized carbons (Fsp3) is 0.625. The predicted molar refractivity (Wildman–Crippen MR) is 85.1 cm³/mol. The fourth-order valence-corrected chi connectivity index (χ4v) is 3.92. The fourth-order valence-electron chi connectivity index (χ4n) is 3.05. The van der Waals surface area contributed by atoms with Crippen LogP contribution in [0.1, 0.15) is 57.4 Å². The standard InChI is InChI=1S/C16H24N2O2S/c1-4-8-12(13-9-7-10-21-13)18-11-14(19)17-16(5-2,6-3)15(18)20/h7,9-10,12H,4-6,8,11H2,1-3H3,(H,17,19). The number of piperazine rings is 1. The van der Waals surface area contributed by atoms with Crippen molar-refractivity contribution in [3.63, 3.8) is 0 Å². The highest BCUT2D eigenvalue weighted by Crippen LogP contribution is 2.34. The van der Waals surface area contributed by atoms with Crippen molar-refractivity contribution < 1.29 is 9.59 Å². The van der Waals surface area contributed by atoms with Crippen molar-refractivity contribution in [3.05, 3.63) is 22.4 Å². The second-order valence-electron chi connectivity index (χ2n) is 5.59. The van der Waals surface area contributed by atoms with Crippen molar-refractivity contribution in [1.82, 2.24) is 10.2 Å². The van der Waals surface area contributed by atoms with Gasteiger partial charge in [-0.1, -0.05) is 33.3 Å². The second kappa shape index (κ2) is 6.60. The van der Waals surface area contributed by atoms with Crippen LogP contribution in [0.25, 0.3) is 0 Å². The number of amides is 2. The Labute approximate surface area is 130 Å². The first-order valence-electron chi connectivity index (χ1n) is 7.73. The van der Waals surface area contributed by atoms with Gasteiger partial charge in [0.05, 0.1) is 6.04 Å². The van der Waals surface area contributed by atoms with E-state index in [0.717, 1.165) is 12.8 Å². The smallest absolute Gasteiger partial charge is 0.249 e. The zero-order valence-corrected chi connectivity index (χ0v) is 13.8. The number of carbonyl (C=O) groups is 2. The monoisotopic (exact) mass is 308 g/mol. The van der Waals surface area contributed by atoms with E-state index >= 15 is 0 Å². The average molecular weight is 308 g/mol. The van der Waals surface area contributed by atoms with Crippen LogP contribution in [0.5, 0.6) is 0 Å². The molecule has 0 aromatic carbocycles. The Morgan fingerprint density at radius 3 is 2.57 bits per heavy atom. The molecule has 1 fully saturated rings. The Bertz CT molecular complexity index is 494. The van der Waals surface area contributed by atoms with Gasteiger partial charge < -0.3 is 10.2 Å². The van der Waals surface area contributed by atoms with E-state index < -0.39 is 5.54 Å². The van der Waals surface area contributed by atoms with Crippen LogP contribution >= 0.6 is 11.3 Å². The van der Waals surface area contributed by atoms with Crippen LogP contribution in [0, 0.1) is 0 Å². The lowest BCUT2D eigenvalue weighted by Gasteiger charge is -2.44. The molecular weight excluding hydrogens is 284 g/mol. The molecule has 2 amide bonds. The summed E-state index contributed by atoms with van der Waals surface area (Å²) in [6, 6.07) is 4.08. The molecule has 2 heterocycles. The molecule has 116 valence electrons. The Morgan fingerprint density at radius 1 is 1.33 bits per heavy atom. The predicted octanol–water partition coefficient (Wildman–Crippen LogP) is 3.11. The molecule has 1 unspecified atom stereocenters. The maximum absolute atomic E-state index is 13.0. The van der Waals surface area contributed by atoms with Gasteiger partial charge in [-0.2, -0.15) is 0 Å². The molecule has 1 aromatic rings. The van der Waals surface area contributed by atoms with Crippen molar-refractivity contribution in [2.75, 3.05) is 6.54 Å². The van der Waals surface area contributed by atoms with Gasteiger partial charge >= 0.3 is 0 Å². The van der Waals surface area contributed by atoms with Crippen LogP contribution in [0.15, 0.2) is 17.5 Å². The quantitative estimate of drug-likeness (QED) is 0.878. The highest BCUT2D eigenvalue weighted by molar-refractivity contribution is 7.10. The summed E-state index contributed by atoms with van der Waals surface area (Å²) in [5, 5.41) is 4.95. The summed E-state index contributed by atoms with van der Waals surface area (Å²) in [6.45, 7) is 6.21. The summed E-state index contributed by atoms with van der Waals surface area (Å²) in [4.78, 5) is 28.1. The summed E-state index contributed by atoms with van der Waals surface area (Å²) in [7, 11) is 0. The van der Waals surface area contributed by atoms with Crippen molar-refractivity contribution in [2.45, 2.75) is 58.0 Å². The summed E-state index contributed by atoms with van der Waals surface area (Å²) in [5.41, 5.74) is -0.724. The lowest BCUT2D eigenvalue weighted by Crippen LogP contribution is -2.66. The molecule has 0 aliphatic carbocycles. The maximum atomic E-state index is 13.0. The zero-order chi connectivity index (χ0) is 15.5. The van der Waals surface area contributed by atoms with Gasteiger partial charge in [-0.25, -0.2) is 0 Å². The number of rotatable bonds is 6. The number of hydrogen-bond donors (Lipinski definition) is 1. The first kappa shape index (κ1) is 16.0. The van der Waals surface area contributed by atoms with E-state index in [4.69, 9.17) is 0 Å². The molecule has 0 saturated carbocycles. The highest BCUT2D eigenvalue weighted by Gasteiger charge is 2.46. The van der Waals surface area contributed by atoms with Gasteiger partial charge in [0.2, 0.25) is 11.8 Å². The van der Waals surface area contributed by atoms with Crippen LogP contribution < -0.4 is 5.32 Å². The summed E-state index contributed by atoms with van der Waals surface area (Å²) in [6.07, 6.45) is 3.14. The molecule has 0 radical (unpaired) electrons. The molecule has 1 saturated heterocycles. The van der Waals surface area contributed by atoms with E-state index in [2.05, 4.69) is 18.3 Å². The number of nitrogens with one attached hydrogen (secondary N) is 1. The van der Waals surface area contributed by atoms with E-state index in [1.807, 2.05) is 25.3 Å². The van der Waals surface area contributed by atoms with Gasteiger partial charge in [-0.05, 0) is 30.7 Å². The first-order valence-corrected chi connectivity index (χ1v) is 8.61. The Kier molecular flexibility index (Phi) is 5.04. The molecule has 1 N–H and O–H groups in total. The minimum atomic E-state index is -0.724. The van der Waals surface area contributed by atoms with Crippen molar-refractivity contribution in [3.8, 4) is 0 Å². The van der Waals surface area contributed by atoms with Gasteiger partial charge in [-0.3, -0.25) is 9.59 Å². The molecule has 0 spiro atoms. The second-order valence-corrected chi connectivity index (χ2v) is 6.57. The van der Waals surface area contributed by atoms with Crippen LogP contribution in [0.2, 0.25) is 0 Å². The molecule has 5 heteroatoms. The lowest BCUT2D eigenvalue weighted by atomic mass is 9.87. The Balaban J connectivity index is 2.35. The molecule has 0 bridgehead atoms. The molecule has 2 rings (SSSR count). The summed E-state index contributed by atoms with van der Waals surface area (Å²) < 4.78 is 0. The molecule has 21 heavy (non-hydrogen) atoms. The number of nitrogens with zero attached hydrogens (tertiary/aromatic N) is 1. The van der Waals surface area contributed by atoms with E-state index in [1.165, 1.54) is 4.88 Å². The van der Waals surface area contributed by atoms with E-state index in [-0.39, 0.29) is 24.4 Å². The van der Waals surface area contributed by atoms with E-state index in [9.17, 15) is 9.59 Å². The average Bonchev–Trinajstić information content (AvgIpc) is 3.01. The molecule has 1 aromatic heterocycles. The maximum Gasteiger partial charge on any atom is 0.249 e. The summed E-state index contributed by atoms with van der Waals surface area (Å²) >= 11 is 1.66. The topological polar surface area (TPSA) is 49.4 Å². The third-order valence-corrected chi connectivity index (χ3v) is 5.35. The van der Waals surface area contributed by atoms with Gasteiger partial charge in [0.25, 0.3) is 0 Å². The van der Waals surface area contributed by atoms with Crippen LogP contribution in [-0.4, -0.2) is 28.8 Å². The Hall–Kier alpha value is -1.36. The van der Waals surface area contributed by atoms with Gasteiger partial charge in [0, 0.05) is 4.88 Å². The van der Waals surface area contributed by atoms with Crippen LogP contribution in [-0.2, 0) is 9.59 Å². The van der Waals surface area contributed by atoms with Gasteiger partial charge in [0.1, 0.15) is 12.1 Å². The number of thiophene rings is 1. The minimum Gasteiger partial charge on any atom is -0.340 e. The minimum absolute atomic E-state index is 0.0195.